The van der Waals surface area contributed by atoms with Gasteiger partial charge in [-0.1, -0.05) is 12.1 Å². The lowest BCUT2D eigenvalue weighted by Crippen LogP contribution is -2.36. The number of benzene rings is 1. The molecule has 0 aromatic heterocycles. The van der Waals surface area contributed by atoms with Gasteiger partial charge in [-0.05, 0) is 26.0 Å². The van der Waals surface area contributed by atoms with E-state index in [1.807, 2.05) is 13.8 Å². The molecule has 1 fully saturated rings. The number of rotatable bonds is 5. The van der Waals surface area contributed by atoms with Crippen molar-refractivity contribution in [2.45, 2.75) is 26.0 Å². The number of anilines is 1. The van der Waals surface area contributed by atoms with E-state index in [0.29, 0.717) is 30.9 Å². The largest absolute Gasteiger partial charge is 0.391 e. The van der Waals surface area contributed by atoms with E-state index in [9.17, 15) is 14.7 Å². The minimum absolute atomic E-state index is 0.00307. The van der Waals surface area contributed by atoms with Crippen LogP contribution in [0.4, 0.5) is 10.5 Å². The number of hydrogen-bond donors (Lipinski definition) is 5. The lowest BCUT2D eigenvalue weighted by Gasteiger charge is -2.16. The Hall–Kier alpha value is -2.12. The van der Waals surface area contributed by atoms with Crippen molar-refractivity contribution >= 4 is 17.6 Å². The van der Waals surface area contributed by atoms with Gasteiger partial charge in [0.1, 0.15) is 0 Å². The molecule has 1 heterocycles. The lowest BCUT2D eigenvalue weighted by molar-refractivity contribution is 0.0928. The Labute approximate surface area is 135 Å². The fraction of sp³-hybridized carbons (Fsp3) is 0.500. The van der Waals surface area contributed by atoms with Crippen LogP contribution in [0.2, 0.25) is 0 Å². The Morgan fingerprint density at radius 3 is 2.70 bits per heavy atom. The summed E-state index contributed by atoms with van der Waals surface area (Å²) in [5.74, 6) is -0.271. The van der Waals surface area contributed by atoms with Gasteiger partial charge in [-0.3, -0.25) is 4.79 Å². The van der Waals surface area contributed by atoms with Gasteiger partial charge in [0.05, 0.1) is 17.4 Å². The second-order valence-electron chi connectivity index (χ2n) is 5.99. The number of amides is 3. The van der Waals surface area contributed by atoms with Crippen LogP contribution in [0.25, 0.3) is 0 Å². The van der Waals surface area contributed by atoms with Gasteiger partial charge in [0.25, 0.3) is 5.91 Å². The Morgan fingerprint density at radius 1 is 1.30 bits per heavy atom. The first kappa shape index (κ1) is 17.2. The normalized spacial score (nSPS) is 20.3. The van der Waals surface area contributed by atoms with Crippen LogP contribution < -0.4 is 21.3 Å². The highest BCUT2D eigenvalue weighted by molar-refractivity contribution is 6.03. The van der Waals surface area contributed by atoms with Crippen molar-refractivity contribution in [1.29, 1.82) is 0 Å². The van der Waals surface area contributed by atoms with Crippen molar-refractivity contribution in [3.05, 3.63) is 29.8 Å². The Bertz CT molecular complexity index is 562. The zero-order chi connectivity index (χ0) is 16.8. The van der Waals surface area contributed by atoms with Gasteiger partial charge >= 0.3 is 6.03 Å². The van der Waals surface area contributed by atoms with Gasteiger partial charge in [-0.2, -0.15) is 0 Å². The van der Waals surface area contributed by atoms with E-state index in [-0.39, 0.29) is 23.9 Å². The molecule has 2 unspecified atom stereocenters. The number of hydrogen-bond acceptors (Lipinski definition) is 4. The molecule has 7 nitrogen and oxygen atoms in total. The first-order valence-corrected chi connectivity index (χ1v) is 7.81. The van der Waals surface area contributed by atoms with Crippen molar-refractivity contribution in [3.63, 3.8) is 0 Å². The van der Waals surface area contributed by atoms with Gasteiger partial charge in [0.15, 0.2) is 0 Å². The van der Waals surface area contributed by atoms with Crippen LogP contribution in [-0.4, -0.2) is 48.8 Å². The lowest BCUT2D eigenvalue weighted by atomic mass is 10.1. The zero-order valence-corrected chi connectivity index (χ0v) is 13.4. The quantitative estimate of drug-likeness (QED) is 0.546. The minimum atomic E-state index is -0.444. The molecule has 1 aliphatic heterocycles. The molecule has 1 aromatic rings. The smallest absolute Gasteiger partial charge is 0.319 e. The summed E-state index contributed by atoms with van der Waals surface area (Å²) in [6.45, 7) is 5.34. The number of carbonyl (C=O) groups is 2. The molecule has 1 saturated heterocycles. The average molecular weight is 320 g/mol. The number of aliphatic hydroxyl groups is 1. The highest BCUT2D eigenvalue weighted by Gasteiger charge is 2.25. The van der Waals surface area contributed by atoms with Crippen molar-refractivity contribution in [3.8, 4) is 0 Å². The molecule has 3 amide bonds. The molecule has 1 aromatic carbocycles. The summed E-state index contributed by atoms with van der Waals surface area (Å²) in [4.78, 5) is 24.2. The summed E-state index contributed by atoms with van der Waals surface area (Å²) in [7, 11) is 0. The number of β-amino-alcohol motifs (C(OH)–C–C–N with tert-alkyl or cyclic N) is 1. The van der Waals surface area contributed by atoms with Crippen LogP contribution in [-0.2, 0) is 0 Å². The van der Waals surface area contributed by atoms with Crippen LogP contribution in [0, 0.1) is 5.92 Å². The van der Waals surface area contributed by atoms with Crippen LogP contribution in [0.15, 0.2) is 24.3 Å². The minimum Gasteiger partial charge on any atom is -0.391 e. The monoisotopic (exact) mass is 320 g/mol. The van der Waals surface area contributed by atoms with E-state index in [1.54, 1.807) is 24.3 Å². The molecular formula is C16H24N4O3. The molecule has 7 heteroatoms. The standard InChI is InChI=1S/C16H24N4O3/c1-10(2)19-16(23)20-13-6-4-3-5-12(13)15(22)18-8-11-7-17-9-14(11)21/h3-6,10-11,14,17,21H,7-9H2,1-2H3,(H,18,22)(H2,19,20,23). The molecule has 0 radical (unpaired) electrons. The van der Waals surface area contributed by atoms with Gasteiger partial charge in [-0.25, -0.2) is 4.79 Å². The summed E-state index contributed by atoms with van der Waals surface area (Å²) < 4.78 is 0. The summed E-state index contributed by atoms with van der Waals surface area (Å²) in [6, 6.07) is 6.49. The van der Waals surface area contributed by atoms with E-state index in [2.05, 4.69) is 21.3 Å². The molecule has 2 atom stereocenters. The highest BCUT2D eigenvalue weighted by Crippen LogP contribution is 2.15. The number of para-hydroxylation sites is 1. The second kappa shape index (κ2) is 7.94. The predicted molar refractivity (Wildman–Crippen MR) is 88.4 cm³/mol. The fourth-order valence-electron chi connectivity index (χ4n) is 2.46. The summed E-state index contributed by atoms with van der Waals surface area (Å²) in [5, 5.41) is 21.0. The van der Waals surface area contributed by atoms with E-state index >= 15 is 0 Å². The third kappa shape index (κ3) is 4.94. The summed E-state index contributed by atoms with van der Waals surface area (Å²) >= 11 is 0. The number of urea groups is 1. The van der Waals surface area contributed by atoms with Crippen LogP contribution in [0.3, 0.4) is 0 Å². The van der Waals surface area contributed by atoms with Crippen molar-refractivity contribution < 1.29 is 14.7 Å². The molecular weight excluding hydrogens is 296 g/mol. The molecule has 0 aliphatic carbocycles. The van der Waals surface area contributed by atoms with Crippen molar-refractivity contribution in [1.82, 2.24) is 16.0 Å². The van der Waals surface area contributed by atoms with Crippen LogP contribution in [0.5, 0.6) is 0 Å². The highest BCUT2D eigenvalue weighted by atomic mass is 16.3. The maximum Gasteiger partial charge on any atom is 0.319 e. The number of nitrogens with one attached hydrogen (secondary N) is 4. The predicted octanol–water partition coefficient (Wildman–Crippen LogP) is 0.527. The molecule has 5 N–H and O–H groups in total. The van der Waals surface area contributed by atoms with Gasteiger partial charge in [-0.15, -0.1) is 0 Å². The van der Waals surface area contributed by atoms with Gasteiger partial charge in [0.2, 0.25) is 0 Å². The molecule has 0 saturated carbocycles. The summed E-state index contributed by atoms with van der Waals surface area (Å²) in [5.41, 5.74) is 0.847. The first-order valence-electron chi connectivity index (χ1n) is 7.81. The Balaban J connectivity index is 1.98. The third-order valence-corrected chi connectivity index (χ3v) is 3.67. The summed E-state index contributed by atoms with van der Waals surface area (Å²) in [6.07, 6.45) is -0.444. The van der Waals surface area contributed by atoms with Gasteiger partial charge < -0.3 is 26.4 Å². The van der Waals surface area contributed by atoms with E-state index < -0.39 is 6.10 Å². The van der Waals surface area contributed by atoms with E-state index in [0.717, 1.165) is 0 Å². The maximum absolute atomic E-state index is 12.3. The average Bonchev–Trinajstić information content (AvgIpc) is 2.89. The van der Waals surface area contributed by atoms with Gasteiger partial charge in [0, 0.05) is 31.6 Å². The molecule has 2 rings (SSSR count). The van der Waals surface area contributed by atoms with Crippen molar-refractivity contribution in [2.24, 2.45) is 5.92 Å². The molecule has 0 bridgehead atoms. The number of carbonyl (C=O) groups excluding carboxylic acids is 2. The van der Waals surface area contributed by atoms with Crippen LogP contribution >= 0.6 is 0 Å². The first-order chi connectivity index (χ1) is 11.0. The Morgan fingerprint density at radius 2 is 2.04 bits per heavy atom. The molecule has 23 heavy (non-hydrogen) atoms. The Kier molecular flexibility index (Phi) is 5.95. The van der Waals surface area contributed by atoms with E-state index in [4.69, 9.17) is 0 Å². The van der Waals surface area contributed by atoms with Crippen molar-refractivity contribution in [2.75, 3.05) is 25.0 Å². The molecule has 0 spiro atoms. The van der Waals surface area contributed by atoms with Crippen LogP contribution in [0.1, 0.15) is 24.2 Å². The SMILES string of the molecule is CC(C)NC(=O)Nc1ccccc1C(=O)NCC1CNCC1O. The topological polar surface area (TPSA) is 102 Å². The number of aliphatic hydroxyl groups excluding tert-OH is 1. The fourth-order valence-corrected chi connectivity index (χ4v) is 2.46. The second-order valence-corrected chi connectivity index (χ2v) is 5.99. The third-order valence-electron chi connectivity index (χ3n) is 3.67. The molecule has 126 valence electrons. The zero-order valence-electron chi connectivity index (χ0n) is 13.4. The van der Waals surface area contributed by atoms with E-state index in [1.165, 1.54) is 0 Å². The molecule has 1 aliphatic rings. The maximum atomic E-state index is 12.3.